The number of rotatable bonds is 3. The number of nitrogens with zero attached hydrogens (tertiary/aromatic N) is 2. The summed E-state index contributed by atoms with van der Waals surface area (Å²) < 4.78 is 0. The van der Waals surface area contributed by atoms with Crippen LogP contribution in [0.1, 0.15) is 38.3 Å². The second-order valence-corrected chi connectivity index (χ2v) is 6.92. The highest BCUT2D eigenvalue weighted by Gasteiger charge is 2.23. The average Bonchev–Trinajstić information content (AvgIpc) is 2.78. The van der Waals surface area contributed by atoms with Gasteiger partial charge in [0.1, 0.15) is 0 Å². The molecule has 2 amide bonds. The van der Waals surface area contributed by atoms with Gasteiger partial charge in [-0.15, -0.1) is 0 Å². The number of nitrogens with one attached hydrogen (secondary N) is 1. The van der Waals surface area contributed by atoms with E-state index in [9.17, 15) is 9.59 Å². The maximum Gasteiger partial charge on any atom is 0.258 e. The fourth-order valence-corrected chi connectivity index (χ4v) is 3.56. The van der Waals surface area contributed by atoms with Gasteiger partial charge in [-0.25, -0.2) is 0 Å². The predicted octanol–water partition coefficient (Wildman–Crippen LogP) is 4.40. The Morgan fingerprint density at radius 3 is 2.59 bits per heavy atom. The number of carbonyl (C=O) groups excluding carboxylic acids is 2. The molecule has 0 aliphatic carbocycles. The lowest BCUT2D eigenvalue weighted by Crippen LogP contribution is -2.35. The number of aryl methyl sites for hydroxylation is 1. The lowest BCUT2D eigenvalue weighted by Gasteiger charge is -2.29. The van der Waals surface area contributed by atoms with E-state index in [0.29, 0.717) is 28.9 Å². The zero-order chi connectivity index (χ0) is 20.2. The first-order valence-corrected chi connectivity index (χ1v) is 9.47. The van der Waals surface area contributed by atoms with E-state index in [1.165, 1.54) is 5.56 Å². The summed E-state index contributed by atoms with van der Waals surface area (Å²) in [6.07, 6.45) is 1.88. The number of fused-ring (bicyclic) bond motifs is 1. The summed E-state index contributed by atoms with van der Waals surface area (Å²) in [5.74, 6) is -0.438. The lowest BCUT2D eigenvalue weighted by atomic mass is 10.0. The second-order valence-electron chi connectivity index (χ2n) is 6.92. The molecule has 4 rings (SSSR count). The van der Waals surface area contributed by atoms with Crippen molar-refractivity contribution in [1.29, 1.82) is 5.26 Å². The summed E-state index contributed by atoms with van der Waals surface area (Å²) in [6.45, 7) is 0.660. The van der Waals surface area contributed by atoms with Gasteiger partial charge in [-0.2, -0.15) is 5.26 Å². The molecular formula is C24H19N3O2. The van der Waals surface area contributed by atoms with Gasteiger partial charge >= 0.3 is 0 Å². The SMILES string of the molecule is N#Cc1cccc(NC(=O)c2cccc(C(=O)N3CCCc4ccccc43)c2)c1. The Kier molecular flexibility index (Phi) is 5.08. The standard InChI is InChI=1S/C24H19N3O2/c25-16-17-6-3-11-21(14-17)26-23(28)19-8-4-9-20(15-19)24(29)27-13-5-10-18-7-1-2-12-22(18)27/h1-4,6-9,11-12,14-15H,5,10,13H2,(H,26,28). The molecule has 3 aromatic rings. The van der Waals surface area contributed by atoms with E-state index < -0.39 is 0 Å². The van der Waals surface area contributed by atoms with Crippen molar-refractivity contribution in [3.05, 3.63) is 95.1 Å². The highest BCUT2D eigenvalue weighted by atomic mass is 16.2. The van der Waals surface area contributed by atoms with Crippen LogP contribution in [0, 0.1) is 11.3 Å². The fraction of sp³-hybridized carbons (Fsp3) is 0.125. The van der Waals surface area contributed by atoms with Crippen molar-refractivity contribution in [2.45, 2.75) is 12.8 Å². The Morgan fingerprint density at radius 2 is 1.72 bits per heavy atom. The van der Waals surface area contributed by atoms with Crippen molar-refractivity contribution in [1.82, 2.24) is 0 Å². The number of anilines is 2. The minimum atomic E-state index is -0.325. The van der Waals surface area contributed by atoms with Crippen LogP contribution in [0.25, 0.3) is 0 Å². The fourth-order valence-electron chi connectivity index (χ4n) is 3.56. The molecule has 0 radical (unpaired) electrons. The highest BCUT2D eigenvalue weighted by molar-refractivity contribution is 6.10. The van der Waals surface area contributed by atoms with E-state index in [1.54, 1.807) is 53.4 Å². The van der Waals surface area contributed by atoms with E-state index in [2.05, 4.69) is 5.32 Å². The molecule has 0 bridgehead atoms. The number of hydrogen-bond acceptors (Lipinski definition) is 3. The van der Waals surface area contributed by atoms with Crippen LogP contribution in [-0.2, 0) is 6.42 Å². The summed E-state index contributed by atoms with van der Waals surface area (Å²) >= 11 is 0. The molecule has 3 aromatic carbocycles. The molecule has 0 unspecified atom stereocenters. The van der Waals surface area contributed by atoms with E-state index >= 15 is 0 Å². The van der Waals surface area contributed by atoms with Crippen LogP contribution in [0.2, 0.25) is 0 Å². The summed E-state index contributed by atoms with van der Waals surface area (Å²) in [7, 11) is 0. The topological polar surface area (TPSA) is 73.2 Å². The maximum absolute atomic E-state index is 13.1. The van der Waals surface area contributed by atoms with Crippen LogP contribution < -0.4 is 10.2 Å². The Balaban J connectivity index is 1.57. The third-order valence-corrected chi connectivity index (χ3v) is 4.98. The molecule has 1 heterocycles. The van der Waals surface area contributed by atoms with Crippen LogP contribution in [0.15, 0.2) is 72.8 Å². The predicted molar refractivity (Wildman–Crippen MR) is 112 cm³/mol. The molecule has 29 heavy (non-hydrogen) atoms. The second kappa shape index (κ2) is 7.99. The van der Waals surface area contributed by atoms with E-state index in [1.807, 2.05) is 30.3 Å². The van der Waals surface area contributed by atoms with Gasteiger partial charge in [0.25, 0.3) is 11.8 Å². The molecule has 5 nitrogen and oxygen atoms in total. The number of hydrogen-bond donors (Lipinski definition) is 1. The first-order valence-electron chi connectivity index (χ1n) is 9.47. The molecule has 1 aliphatic heterocycles. The van der Waals surface area contributed by atoms with Crippen molar-refractivity contribution < 1.29 is 9.59 Å². The van der Waals surface area contributed by atoms with E-state index in [4.69, 9.17) is 5.26 Å². The van der Waals surface area contributed by atoms with Crippen LogP contribution in [-0.4, -0.2) is 18.4 Å². The normalized spacial score (nSPS) is 12.6. The first-order chi connectivity index (χ1) is 14.2. The summed E-state index contributed by atoms with van der Waals surface area (Å²) in [5.41, 5.74) is 3.97. The van der Waals surface area contributed by atoms with Gasteiger partial charge in [0.2, 0.25) is 0 Å². The molecule has 142 valence electrons. The molecule has 0 fully saturated rings. The number of carbonyl (C=O) groups is 2. The molecule has 0 saturated carbocycles. The van der Waals surface area contributed by atoms with Crippen LogP contribution in [0.5, 0.6) is 0 Å². The third-order valence-electron chi connectivity index (χ3n) is 4.98. The van der Waals surface area contributed by atoms with Crippen molar-refractivity contribution in [3.63, 3.8) is 0 Å². The van der Waals surface area contributed by atoms with Crippen LogP contribution in [0.3, 0.4) is 0 Å². The average molecular weight is 381 g/mol. The molecule has 1 N–H and O–H groups in total. The van der Waals surface area contributed by atoms with Gasteiger partial charge in [0.15, 0.2) is 0 Å². The molecule has 0 saturated heterocycles. The summed E-state index contributed by atoms with van der Waals surface area (Å²) in [5, 5.41) is 11.8. The minimum Gasteiger partial charge on any atom is -0.322 e. The largest absolute Gasteiger partial charge is 0.322 e. The van der Waals surface area contributed by atoms with Crippen LogP contribution in [0.4, 0.5) is 11.4 Å². The van der Waals surface area contributed by atoms with Crippen molar-refractivity contribution in [2.24, 2.45) is 0 Å². The van der Waals surface area contributed by atoms with E-state index in [-0.39, 0.29) is 11.8 Å². The summed E-state index contributed by atoms with van der Waals surface area (Å²) in [6, 6.07) is 23.4. The Bertz CT molecular complexity index is 1130. The number of benzene rings is 3. The lowest BCUT2D eigenvalue weighted by molar-refractivity contribution is 0.0985. The van der Waals surface area contributed by atoms with Crippen molar-refractivity contribution >= 4 is 23.2 Å². The highest BCUT2D eigenvalue weighted by Crippen LogP contribution is 2.28. The van der Waals surface area contributed by atoms with Gasteiger partial charge in [-0.05, 0) is 60.9 Å². The Hall–Kier alpha value is -3.91. The van der Waals surface area contributed by atoms with E-state index in [0.717, 1.165) is 18.5 Å². The molecule has 0 aromatic heterocycles. The molecular weight excluding hydrogens is 362 g/mol. The number of nitriles is 1. The smallest absolute Gasteiger partial charge is 0.258 e. The maximum atomic E-state index is 13.1. The molecule has 5 heteroatoms. The number of amides is 2. The Labute approximate surface area is 169 Å². The molecule has 0 atom stereocenters. The third kappa shape index (κ3) is 3.87. The van der Waals surface area contributed by atoms with Crippen LogP contribution >= 0.6 is 0 Å². The van der Waals surface area contributed by atoms with Gasteiger partial charge < -0.3 is 10.2 Å². The Morgan fingerprint density at radius 1 is 0.931 bits per heavy atom. The van der Waals surface area contributed by atoms with Crippen molar-refractivity contribution in [2.75, 3.05) is 16.8 Å². The first kappa shape index (κ1) is 18.5. The monoisotopic (exact) mass is 381 g/mol. The van der Waals surface area contributed by atoms with Gasteiger partial charge in [0.05, 0.1) is 11.6 Å². The van der Waals surface area contributed by atoms with Gasteiger partial charge in [0, 0.05) is 29.0 Å². The number of para-hydroxylation sites is 1. The van der Waals surface area contributed by atoms with Gasteiger partial charge in [-0.1, -0.05) is 30.3 Å². The zero-order valence-electron chi connectivity index (χ0n) is 15.8. The van der Waals surface area contributed by atoms with Crippen molar-refractivity contribution in [3.8, 4) is 6.07 Å². The molecule has 1 aliphatic rings. The zero-order valence-corrected chi connectivity index (χ0v) is 15.8. The molecule has 0 spiro atoms. The minimum absolute atomic E-state index is 0.113. The summed E-state index contributed by atoms with van der Waals surface area (Å²) in [4.78, 5) is 27.6. The quantitative estimate of drug-likeness (QED) is 0.731. The van der Waals surface area contributed by atoms with Gasteiger partial charge in [-0.3, -0.25) is 9.59 Å².